The van der Waals surface area contributed by atoms with Gasteiger partial charge in [-0.25, -0.2) is 4.79 Å². The van der Waals surface area contributed by atoms with Crippen LogP contribution < -0.4 is 11.2 Å². The van der Waals surface area contributed by atoms with E-state index >= 15 is 0 Å². The van der Waals surface area contributed by atoms with Crippen LogP contribution in [0.3, 0.4) is 0 Å². The van der Waals surface area contributed by atoms with Gasteiger partial charge in [-0.3, -0.25) is 9.36 Å². The van der Waals surface area contributed by atoms with E-state index < -0.39 is 0 Å². The van der Waals surface area contributed by atoms with Crippen LogP contribution in [0.5, 0.6) is 0 Å². The summed E-state index contributed by atoms with van der Waals surface area (Å²) >= 11 is 0. The maximum absolute atomic E-state index is 12.0. The summed E-state index contributed by atoms with van der Waals surface area (Å²) in [5.74, 6) is 0. The van der Waals surface area contributed by atoms with Crippen molar-refractivity contribution in [3.63, 3.8) is 0 Å². The topological polar surface area (TPSA) is 57.1 Å². The molecule has 5 heteroatoms. The van der Waals surface area contributed by atoms with Crippen LogP contribution in [0.2, 0.25) is 0 Å². The molecule has 17 heavy (non-hydrogen) atoms. The Morgan fingerprint density at radius 1 is 1.29 bits per heavy atom. The third kappa shape index (κ3) is 2.38. The largest absolute Gasteiger partial charge is 0.472 e. The summed E-state index contributed by atoms with van der Waals surface area (Å²) in [6.45, 7) is 2.85. The molecular formula is C12H14N2O3. The van der Waals surface area contributed by atoms with Gasteiger partial charge >= 0.3 is 5.69 Å². The fourth-order valence-electron chi connectivity index (χ4n) is 1.68. The molecule has 0 saturated heterocycles. The Kier molecular flexibility index (Phi) is 3.27. The zero-order valence-electron chi connectivity index (χ0n) is 9.63. The van der Waals surface area contributed by atoms with Crippen molar-refractivity contribution in [2.24, 2.45) is 0 Å². The number of hydrogen-bond acceptors (Lipinski definition) is 3. The molecule has 0 atom stereocenters. The van der Waals surface area contributed by atoms with Gasteiger partial charge in [-0.2, -0.15) is 0 Å². The second-order valence-corrected chi connectivity index (χ2v) is 3.85. The molecule has 2 rings (SSSR count). The van der Waals surface area contributed by atoms with Crippen molar-refractivity contribution in [1.82, 2.24) is 9.13 Å². The third-order valence-electron chi connectivity index (χ3n) is 2.52. The summed E-state index contributed by atoms with van der Waals surface area (Å²) in [4.78, 5) is 23.6. The predicted octanol–water partition coefficient (Wildman–Crippen LogP) is 1.06. The molecule has 0 radical (unpaired) electrons. The lowest BCUT2D eigenvalue weighted by Crippen LogP contribution is -2.39. The second kappa shape index (κ2) is 4.86. The van der Waals surface area contributed by atoms with Gasteiger partial charge in [0.15, 0.2) is 0 Å². The van der Waals surface area contributed by atoms with Gasteiger partial charge in [-0.15, -0.1) is 0 Å². The van der Waals surface area contributed by atoms with Gasteiger partial charge in [0, 0.05) is 24.4 Å². The maximum atomic E-state index is 12.0. The molecule has 2 heterocycles. The minimum Gasteiger partial charge on any atom is -0.472 e. The zero-order chi connectivity index (χ0) is 12.3. The van der Waals surface area contributed by atoms with Crippen LogP contribution in [-0.2, 0) is 13.1 Å². The Morgan fingerprint density at radius 2 is 2.12 bits per heavy atom. The Balaban J connectivity index is 2.42. The fourth-order valence-corrected chi connectivity index (χ4v) is 1.68. The van der Waals surface area contributed by atoms with Gasteiger partial charge in [-0.05, 0) is 12.5 Å². The normalized spacial score (nSPS) is 10.6. The SMILES string of the molecule is CCCn1ccc(=O)n(Cc2ccoc2)c1=O. The van der Waals surface area contributed by atoms with Crippen LogP contribution >= 0.6 is 0 Å². The molecule has 5 nitrogen and oxygen atoms in total. The Bertz CT molecular complexity index is 593. The molecule has 0 aliphatic rings. The molecule has 0 aliphatic heterocycles. The number of hydrogen-bond donors (Lipinski definition) is 0. The van der Waals surface area contributed by atoms with E-state index in [1.165, 1.54) is 23.2 Å². The molecule has 0 spiro atoms. The quantitative estimate of drug-likeness (QED) is 0.794. The molecule has 90 valence electrons. The lowest BCUT2D eigenvalue weighted by molar-refractivity contribution is 0.550. The predicted molar refractivity (Wildman–Crippen MR) is 63.1 cm³/mol. The van der Waals surface area contributed by atoms with E-state index in [1.54, 1.807) is 16.8 Å². The van der Waals surface area contributed by atoms with Gasteiger partial charge in [0.1, 0.15) is 0 Å². The van der Waals surface area contributed by atoms with E-state index in [0.717, 1.165) is 12.0 Å². The Hall–Kier alpha value is -2.04. The van der Waals surface area contributed by atoms with E-state index in [9.17, 15) is 9.59 Å². The first kappa shape index (κ1) is 11.4. The molecule has 2 aromatic rings. The van der Waals surface area contributed by atoms with E-state index in [1.807, 2.05) is 6.92 Å². The monoisotopic (exact) mass is 234 g/mol. The van der Waals surface area contributed by atoms with Crippen LogP contribution in [0.1, 0.15) is 18.9 Å². The van der Waals surface area contributed by atoms with Crippen molar-refractivity contribution in [3.8, 4) is 0 Å². The summed E-state index contributed by atoms with van der Waals surface area (Å²) in [6, 6.07) is 3.15. The average Bonchev–Trinajstić information content (AvgIpc) is 2.81. The zero-order valence-corrected chi connectivity index (χ0v) is 9.63. The van der Waals surface area contributed by atoms with Crippen LogP contribution in [0, 0.1) is 0 Å². The highest BCUT2D eigenvalue weighted by Crippen LogP contribution is 1.99. The van der Waals surface area contributed by atoms with Gasteiger partial charge in [0.05, 0.1) is 19.1 Å². The number of nitrogens with zero attached hydrogens (tertiary/aromatic N) is 2. The molecule has 0 aromatic carbocycles. The molecule has 0 fully saturated rings. The highest BCUT2D eigenvalue weighted by Gasteiger charge is 2.05. The van der Waals surface area contributed by atoms with Gasteiger partial charge < -0.3 is 8.98 Å². The van der Waals surface area contributed by atoms with Crippen molar-refractivity contribution in [1.29, 1.82) is 0 Å². The lowest BCUT2D eigenvalue weighted by atomic mass is 10.3. The fraction of sp³-hybridized carbons (Fsp3) is 0.333. The van der Waals surface area contributed by atoms with E-state index in [-0.39, 0.29) is 17.8 Å². The lowest BCUT2D eigenvalue weighted by Gasteiger charge is -2.07. The number of aromatic nitrogens is 2. The standard InChI is InChI=1S/C12H14N2O3/c1-2-5-13-6-3-11(15)14(12(13)16)8-10-4-7-17-9-10/h3-4,6-7,9H,2,5,8H2,1H3. The van der Waals surface area contributed by atoms with Crippen molar-refractivity contribution in [3.05, 3.63) is 57.3 Å². The molecule has 0 amide bonds. The Labute approximate surface area is 97.9 Å². The third-order valence-corrected chi connectivity index (χ3v) is 2.52. The van der Waals surface area contributed by atoms with Gasteiger partial charge in [0.25, 0.3) is 5.56 Å². The number of rotatable bonds is 4. The summed E-state index contributed by atoms with van der Waals surface area (Å²) in [5, 5.41) is 0. The minimum absolute atomic E-state index is 0.249. The molecule has 0 aliphatic carbocycles. The second-order valence-electron chi connectivity index (χ2n) is 3.85. The summed E-state index contributed by atoms with van der Waals surface area (Å²) in [7, 11) is 0. The molecule has 0 bridgehead atoms. The summed E-state index contributed by atoms with van der Waals surface area (Å²) < 4.78 is 7.67. The highest BCUT2D eigenvalue weighted by atomic mass is 16.3. The highest BCUT2D eigenvalue weighted by molar-refractivity contribution is 5.06. The van der Waals surface area contributed by atoms with Gasteiger partial charge in [0.2, 0.25) is 0 Å². The van der Waals surface area contributed by atoms with Crippen molar-refractivity contribution in [2.75, 3.05) is 0 Å². The summed E-state index contributed by atoms with van der Waals surface area (Å²) in [5.41, 5.74) is 0.238. The van der Waals surface area contributed by atoms with E-state index in [2.05, 4.69) is 0 Å². The molecule has 2 aromatic heterocycles. The maximum Gasteiger partial charge on any atom is 0.331 e. The first-order chi connectivity index (χ1) is 8.22. The molecular weight excluding hydrogens is 220 g/mol. The summed E-state index contributed by atoms with van der Waals surface area (Å²) in [6.07, 6.45) is 5.45. The molecule has 0 unspecified atom stereocenters. The smallest absolute Gasteiger partial charge is 0.331 e. The number of furan rings is 1. The minimum atomic E-state index is -0.288. The van der Waals surface area contributed by atoms with Gasteiger partial charge in [-0.1, -0.05) is 6.92 Å². The van der Waals surface area contributed by atoms with Crippen LogP contribution in [0.4, 0.5) is 0 Å². The van der Waals surface area contributed by atoms with E-state index in [4.69, 9.17) is 4.42 Å². The van der Waals surface area contributed by atoms with Crippen molar-refractivity contribution in [2.45, 2.75) is 26.4 Å². The first-order valence-electron chi connectivity index (χ1n) is 5.53. The van der Waals surface area contributed by atoms with Crippen LogP contribution in [0.25, 0.3) is 0 Å². The van der Waals surface area contributed by atoms with Crippen LogP contribution in [0.15, 0.2) is 44.9 Å². The molecule has 0 N–H and O–H groups in total. The van der Waals surface area contributed by atoms with Crippen molar-refractivity contribution >= 4 is 0 Å². The molecule has 0 saturated carbocycles. The van der Waals surface area contributed by atoms with Crippen molar-refractivity contribution < 1.29 is 4.42 Å². The first-order valence-corrected chi connectivity index (χ1v) is 5.53. The Morgan fingerprint density at radius 3 is 2.76 bits per heavy atom. The average molecular weight is 234 g/mol. The van der Waals surface area contributed by atoms with Crippen LogP contribution in [-0.4, -0.2) is 9.13 Å². The van der Waals surface area contributed by atoms with E-state index in [0.29, 0.717) is 6.54 Å². The number of aryl methyl sites for hydroxylation is 1.